The number of aliphatic hydroxyl groups excluding tert-OH is 1. The third kappa shape index (κ3) is 6.22. The first-order valence-electron chi connectivity index (χ1n) is 11.9. The Morgan fingerprint density at radius 3 is 2.72 bits per heavy atom. The molecule has 3 aromatic rings. The quantitative estimate of drug-likeness (QED) is 0.462. The van der Waals surface area contributed by atoms with Crippen molar-refractivity contribution in [2.45, 2.75) is 38.3 Å². The fourth-order valence-electron chi connectivity index (χ4n) is 4.45. The van der Waals surface area contributed by atoms with Crippen LogP contribution in [0.4, 0.5) is 14.9 Å². The summed E-state index contributed by atoms with van der Waals surface area (Å²) in [6.07, 6.45) is 1.14. The van der Waals surface area contributed by atoms with Gasteiger partial charge in [-0.2, -0.15) is 0 Å². The summed E-state index contributed by atoms with van der Waals surface area (Å²) in [5.74, 6) is 0.0858. The van der Waals surface area contributed by atoms with E-state index in [-0.39, 0.29) is 11.7 Å². The van der Waals surface area contributed by atoms with Crippen molar-refractivity contribution in [3.8, 4) is 11.4 Å². The van der Waals surface area contributed by atoms with Crippen molar-refractivity contribution < 1.29 is 19.1 Å². The van der Waals surface area contributed by atoms with Crippen LogP contribution in [0.1, 0.15) is 25.3 Å². The molecule has 11 heteroatoms. The van der Waals surface area contributed by atoms with E-state index in [9.17, 15) is 19.1 Å². The van der Waals surface area contributed by atoms with Crippen molar-refractivity contribution in [3.05, 3.63) is 59.9 Å². The topological polar surface area (TPSA) is 125 Å². The monoisotopic (exact) mass is 495 g/mol. The minimum absolute atomic E-state index is 0.225. The molecule has 36 heavy (non-hydrogen) atoms. The number of amides is 3. The molecule has 0 bridgehead atoms. The molecule has 1 aliphatic heterocycles. The van der Waals surface area contributed by atoms with Gasteiger partial charge in [-0.25, -0.2) is 13.9 Å². The Kier molecular flexibility index (Phi) is 7.89. The predicted octanol–water partition coefficient (Wildman–Crippen LogP) is 2.37. The van der Waals surface area contributed by atoms with Gasteiger partial charge in [0.1, 0.15) is 5.82 Å². The van der Waals surface area contributed by atoms with Crippen LogP contribution in [-0.4, -0.2) is 67.4 Å². The van der Waals surface area contributed by atoms with Gasteiger partial charge in [-0.1, -0.05) is 24.3 Å². The number of aliphatic hydroxyl groups is 1. The summed E-state index contributed by atoms with van der Waals surface area (Å²) in [5, 5.41) is 27.4. The van der Waals surface area contributed by atoms with Crippen LogP contribution in [0.2, 0.25) is 0 Å². The van der Waals surface area contributed by atoms with Crippen molar-refractivity contribution in [2.24, 2.45) is 13.0 Å². The summed E-state index contributed by atoms with van der Waals surface area (Å²) < 4.78 is 14.7. The lowest BCUT2D eigenvalue weighted by molar-refractivity contribution is -0.143. The number of halogens is 1. The molecule has 3 amide bonds. The molecule has 3 N–H and O–H groups in total. The molecule has 10 nitrogen and oxygen atoms in total. The molecule has 0 aliphatic carbocycles. The number of aromatic nitrogens is 4. The van der Waals surface area contributed by atoms with Gasteiger partial charge in [-0.3, -0.25) is 4.79 Å². The lowest BCUT2D eigenvalue weighted by Crippen LogP contribution is -2.53. The van der Waals surface area contributed by atoms with Gasteiger partial charge in [0, 0.05) is 31.4 Å². The standard InChI is InChI=1S/C25H30FN7O3/c1-16(27-25(36)28-21-7-3-6-19(14-21)23-29-30-31-32(23)2)22(34)24(35)33-12-4-5-18(15-33)13-17-8-10-20(26)11-9-17/h3,6-11,14,16,18,22,34H,4-5,12-13,15H2,1-2H3,(H2,27,28,36)/t16-,18+,22-/m1/s1. The third-order valence-electron chi connectivity index (χ3n) is 6.35. The number of urea groups is 1. The number of anilines is 1. The van der Waals surface area contributed by atoms with Crippen LogP contribution in [0.25, 0.3) is 11.4 Å². The van der Waals surface area contributed by atoms with E-state index in [0.717, 1.165) is 30.4 Å². The van der Waals surface area contributed by atoms with E-state index in [4.69, 9.17) is 0 Å². The van der Waals surface area contributed by atoms with E-state index < -0.39 is 24.1 Å². The Labute approximate surface area is 208 Å². The van der Waals surface area contributed by atoms with Crippen molar-refractivity contribution in [3.63, 3.8) is 0 Å². The van der Waals surface area contributed by atoms with Crippen LogP contribution in [-0.2, 0) is 18.3 Å². The molecule has 1 aromatic heterocycles. The molecular weight excluding hydrogens is 465 g/mol. The Balaban J connectivity index is 1.30. The highest BCUT2D eigenvalue weighted by Crippen LogP contribution is 2.22. The minimum atomic E-state index is -1.38. The zero-order valence-electron chi connectivity index (χ0n) is 20.3. The highest BCUT2D eigenvalue weighted by molar-refractivity contribution is 5.91. The molecule has 0 spiro atoms. The molecule has 3 atom stereocenters. The summed E-state index contributed by atoms with van der Waals surface area (Å²) >= 11 is 0. The van der Waals surface area contributed by atoms with Crippen LogP contribution in [0.15, 0.2) is 48.5 Å². The maximum atomic E-state index is 13.2. The average molecular weight is 496 g/mol. The molecule has 1 fully saturated rings. The smallest absolute Gasteiger partial charge is 0.319 e. The molecule has 2 aromatic carbocycles. The van der Waals surface area contributed by atoms with E-state index in [1.807, 2.05) is 6.07 Å². The average Bonchev–Trinajstić information content (AvgIpc) is 3.30. The Hall–Kier alpha value is -3.86. The first-order chi connectivity index (χ1) is 17.3. The molecule has 1 saturated heterocycles. The molecule has 0 saturated carbocycles. The Bertz CT molecular complexity index is 1200. The second kappa shape index (κ2) is 11.3. The normalized spacial score (nSPS) is 17.3. The highest BCUT2D eigenvalue weighted by atomic mass is 19.1. The molecule has 4 rings (SSSR count). The van der Waals surface area contributed by atoms with E-state index in [2.05, 4.69) is 26.2 Å². The number of carbonyl (C=O) groups excluding carboxylic acids is 2. The zero-order valence-corrected chi connectivity index (χ0v) is 20.3. The highest BCUT2D eigenvalue weighted by Gasteiger charge is 2.31. The summed E-state index contributed by atoms with van der Waals surface area (Å²) in [7, 11) is 1.72. The fraction of sp³-hybridized carbons (Fsp3) is 0.400. The van der Waals surface area contributed by atoms with Gasteiger partial charge >= 0.3 is 6.03 Å². The van der Waals surface area contributed by atoms with Gasteiger partial charge in [0.05, 0.1) is 6.04 Å². The lowest BCUT2D eigenvalue weighted by Gasteiger charge is -2.35. The van der Waals surface area contributed by atoms with E-state index in [1.54, 1.807) is 49.2 Å². The number of carbonyl (C=O) groups is 2. The number of hydrogen-bond donors (Lipinski definition) is 3. The van der Waals surface area contributed by atoms with Crippen LogP contribution in [0, 0.1) is 11.7 Å². The van der Waals surface area contributed by atoms with Gasteiger partial charge in [0.2, 0.25) is 0 Å². The third-order valence-corrected chi connectivity index (χ3v) is 6.35. The van der Waals surface area contributed by atoms with Crippen LogP contribution >= 0.6 is 0 Å². The summed E-state index contributed by atoms with van der Waals surface area (Å²) in [6, 6.07) is 12.1. The van der Waals surface area contributed by atoms with Crippen molar-refractivity contribution in [1.82, 2.24) is 30.4 Å². The van der Waals surface area contributed by atoms with Gasteiger partial charge in [0.25, 0.3) is 5.91 Å². The number of likely N-dealkylation sites (tertiary alicyclic amines) is 1. The van der Waals surface area contributed by atoms with E-state index >= 15 is 0 Å². The first kappa shape index (κ1) is 25.2. The van der Waals surface area contributed by atoms with Gasteiger partial charge < -0.3 is 20.6 Å². The lowest BCUT2D eigenvalue weighted by atomic mass is 9.91. The number of aryl methyl sites for hydroxylation is 1. The first-order valence-corrected chi connectivity index (χ1v) is 11.9. The maximum Gasteiger partial charge on any atom is 0.319 e. The fourth-order valence-corrected chi connectivity index (χ4v) is 4.45. The van der Waals surface area contributed by atoms with Gasteiger partial charge in [-0.05, 0) is 72.4 Å². The molecule has 2 heterocycles. The number of hydrogen-bond acceptors (Lipinski definition) is 6. The predicted molar refractivity (Wildman–Crippen MR) is 131 cm³/mol. The van der Waals surface area contributed by atoms with Crippen LogP contribution < -0.4 is 10.6 Å². The maximum absolute atomic E-state index is 13.2. The molecule has 0 unspecified atom stereocenters. The molecule has 190 valence electrons. The second-order valence-electron chi connectivity index (χ2n) is 9.16. The Morgan fingerprint density at radius 1 is 1.22 bits per heavy atom. The second-order valence-corrected chi connectivity index (χ2v) is 9.16. The SMILES string of the molecule is C[C@@H](NC(=O)Nc1cccc(-c2nnnn2C)c1)[C@@H](O)C(=O)N1CCC[C@@H](Cc2ccc(F)cc2)C1. The van der Waals surface area contributed by atoms with Crippen molar-refractivity contribution >= 4 is 17.6 Å². The molecule has 0 radical (unpaired) electrons. The Morgan fingerprint density at radius 2 is 2.00 bits per heavy atom. The van der Waals surface area contributed by atoms with E-state index in [0.29, 0.717) is 24.6 Å². The minimum Gasteiger partial charge on any atom is -0.381 e. The van der Waals surface area contributed by atoms with Crippen LogP contribution in [0.5, 0.6) is 0 Å². The number of rotatable bonds is 7. The van der Waals surface area contributed by atoms with Crippen molar-refractivity contribution in [2.75, 3.05) is 18.4 Å². The zero-order chi connectivity index (χ0) is 25.7. The summed E-state index contributed by atoms with van der Waals surface area (Å²) in [6.45, 7) is 2.65. The summed E-state index contributed by atoms with van der Waals surface area (Å²) in [5.41, 5.74) is 2.26. The number of nitrogens with one attached hydrogen (secondary N) is 2. The van der Waals surface area contributed by atoms with Gasteiger partial charge in [0.15, 0.2) is 11.9 Å². The molecular formula is C25H30FN7O3. The molecule has 1 aliphatic rings. The van der Waals surface area contributed by atoms with Crippen molar-refractivity contribution in [1.29, 1.82) is 0 Å². The number of tetrazole rings is 1. The van der Waals surface area contributed by atoms with Gasteiger partial charge in [-0.15, -0.1) is 5.10 Å². The number of piperidine rings is 1. The largest absolute Gasteiger partial charge is 0.381 e. The van der Waals surface area contributed by atoms with E-state index in [1.165, 1.54) is 16.8 Å². The number of nitrogens with zero attached hydrogens (tertiary/aromatic N) is 5. The van der Waals surface area contributed by atoms with Crippen LogP contribution in [0.3, 0.4) is 0 Å². The number of benzene rings is 2. The summed E-state index contributed by atoms with van der Waals surface area (Å²) in [4.78, 5) is 27.2.